The molecule has 4 rings (SSSR count). The van der Waals surface area contributed by atoms with Crippen LogP contribution in [0.5, 0.6) is 0 Å². The lowest BCUT2D eigenvalue weighted by atomic mass is 9.88. The first-order chi connectivity index (χ1) is 13.1. The van der Waals surface area contributed by atoms with Crippen molar-refractivity contribution in [2.24, 2.45) is 5.92 Å². The Morgan fingerprint density at radius 1 is 1.22 bits per heavy atom. The number of anilines is 1. The quantitative estimate of drug-likeness (QED) is 0.608. The zero-order chi connectivity index (χ0) is 18.8. The van der Waals surface area contributed by atoms with E-state index < -0.39 is 0 Å². The van der Waals surface area contributed by atoms with Gasteiger partial charge in [0.05, 0.1) is 16.8 Å². The molecule has 0 unspecified atom stereocenters. The van der Waals surface area contributed by atoms with Gasteiger partial charge in [0.1, 0.15) is 0 Å². The predicted molar refractivity (Wildman–Crippen MR) is 111 cm³/mol. The maximum absolute atomic E-state index is 13.4. The van der Waals surface area contributed by atoms with Crippen molar-refractivity contribution in [3.63, 3.8) is 0 Å². The van der Waals surface area contributed by atoms with E-state index in [2.05, 4.69) is 31.0 Å². The lowest BCUT2D eigenvalue weighted by Crippen LogP contribution is -2.36. The third kappa shape index (κ3) is 3.88. The molecule has 1 saturated carbocycles. The lowest BCUT2D eigenvalue weighted by molar-refractivity contribution is -0.123. The molecule has 0 atom stereocenters. The molecule has 1 aliphatic rings. The number of hydrogen-bond donors (Lipinski definition) is 0. The highest BCUT2D eigenvalue weighted by Gasteiger charge is 2.29. The maximum Gasteiger partial charge on any atom is 0.232 e. The van der Waals surface area contributed by atoms with Crippen molar-refractivity contribution in [3.05, 3.63) is 53.3 Å². The summed E-state index contributed by atoms with van der Waals surface area (Å²) in [7, 11) is 0. The van der Waals surface area contributed by atoms with E-state index in [1.165, 1.54) is 17.5 Å². The summed E-state index contributed by atoms with van der Waals surface area (Å²) < 4.78 is 1.15. The van der Waals surface area contributed by atoms with Crippen molar-refractivity contribution in [1.82, 2.24) is 9.97 Å². The highest BCUT2D eigenvalue weighted by Crippen LogP contribution is 2.35. The number of nitrogens with zero attached hydrogens (tertiary/aromatic N) is 3. The molecule has 1 amide bonds. The van der Waals surface area contributed by atoms with Gasteiger partial charge in [-0.15, -0.1) is 0 Å². The Morgan fingerprint density at radius 2 is 2.04 bits per heavy atom. The van der Waals surface area contributed by atoms with Crippen molar-refractivity contribution in [3.8, 4) is 0 Å². The summed E-state index contributed by atoms with van der Waals surface area (Å²) >= 11 is 1.62. The highest BCUT2D eigenvalue weighted by atomic mass is 32.1. The van der Waals surface area contributed by atoms with Crippen molar-refractivity contribution >= 4 is 32.6 Å². The van der Waals surface area contributed by atoms with Crippen molar-refractivity contribution in [2.45, 2.75) is 52.5 Å². The van der Waals surface area contributed by atoms with E-state index in [0.717, 1.165) is 46.6 Å². The fourth-order valence-electron chi connectivity index (χ4n) is 3.96. The van der Waals surface area contributed by atoms with Crippen LogP contribution in [-0.4, -0.2) is 15.9 Å². The van der Waals surface area contributed by atoms with Gasteiger partial charge >= 0.3 is 0 Å². The average molecular weight is 380 g/mol. The number of aryl methyl sites for hydroxylation is 2. The van der Waals surface area contributed by atoms with Gasteiger partial charge in [0, 0.05) is 18.3 Å². The topological polar surface area (TPSA) is 46.1 Å². The SMILES string of the molecule is Cc1cc(C)c2nc(N(Cc3cccnc3)C(=O)C3CCCCC3)sc2c1. The number of rotatable bonds is 4. The van der Waals surface area contributed by atoms with Gasteiger partial charge < -0.3 is 0 Å². The molecular weight excluding hydrogens is 354 g/mol. The van der Waals surface area contributed by atoms with E-state index in [0.29, 0.717) is 6.54 Å². The van der Waals surface area contributed by atoms with Crippen LogP contribution in [0, 0.1) is 19.8 Å². The molecule has 0 bridgehead atoms. The van der Waals surface area contributed by atoms with E-state index in [1.807, 2.05) is 23.2 Å². The normalized spacial score (nSPS) is 15.2. The molecule has 2 heterocycles. The van der Waals surface area contributed by atoms with Crippen LogP contribution in [0.1, 0.15) is 48.8 Å². The number of pyridine rings is 1. The third-order valence-electron chi connectivity index (χ3n) is 5.33. The summed E-state index contributed by atoms with van der Waals surface area (Å²) in [6.45, 7) is 4.72. The number of amides is 1. The van der Waals surface area contributed by atoms with Gasteiger partial charge in [-0.1, -0.05) is 42.7 Å². The van der Waals surface area contributed by atoms with E-state index in [9.17, 15) is 4.79 Å². The summed E-state index contributed by atoms with van der Waals surface area (Å²) in [6.07, 6.45) is 9.12. The Morgan fingerprint density at radius 3 is 2.78 bits per heavy atom. The molecule has 1 fully saturated rings. The minimum absolute atomic E-state index is 0.116. The van der Waals surface area contributed by atoms with E-state index >= 15 is 0 Å². The van der Waals surface area contributed by atoms with Crippen molar-refractivity contribution in [1.29, 1.82) is 0 Å². The molecule has 1 aromatic carbocycles. The predicted octanol–water partition coefficient (Wildman–Crippen LogP) is 5.42. The molecule has 2 aromatic heterocycles. The molecule has 140 valence electrons. The third-order valence-corrected chi connectivity index (χ3v) is 6.36. The number of thiazole rings is 1. The molecule has 0 aliphatic heterocycles. The minimum Gasteiger partial charge on any atom is -0.283 e. The van der Waals surface area contributed by atoms with Gasteiger partial charge in [0.25, 0.3) is 0 Å². The van der Waals surface area contributed by atoms with Crippen LogP contribution in [0.4, 0.5) is 5.13 Å². The van der Waals surface area contributed by atoms with Crippen molar-refractivity contribution < 1.29 is 4.79 Å². The molecule has 1 aliphatic carbocycles. The fourth-order valence-corrected chi connectivity index (χ4v) is 5.10. The molecule has 5 heteroatoms. The number of carbonyl (C=O) groups is 1. The van der Waals surface area contributed by atoms with Crippen LogP contribution in [0.3, 0.4) is 0 Å². The standard InChI is InChI=1S/C22H25N3OS/c1-15-11-16(2)20-19(12-15)27-22(24-20)25(14-17-7-6-10-23-13-17)21(26)18-8-4-3-5-9-18/h6-7,10-13,18H,3-5,8-9,14H2,1-2H3. The van der Waals surface area contributed by atoms with Crippen LogP contribution in [0.25, 0.3) is 10.2 Å². The lowest BCUT2D eigenvalue weighted by Gasteiger charge is -2.27. The van der Waals surface area contributed by atoms with Crippen LogP contribution >= 0.6 is 11.3 Å². The first-order valence-corrected chi connectivity index (χ1v) is 10.5. The first kappa shape index (κ1) is 18.1. The number of hydrogen-bond acceptors (Lipinski definition) is 4. The van der Waals surface area contributed by atoms with E-state index in [-0.39, 0.29) is 11.8 Å². The second kappa shape index (κ2) is 7.77. The maximum atomic E-state index is 13.4. The van der Waals surface area contributed by atoms with Gasteiger partial charge in [-0.3, -0.25) is 14.7 Å². The van der Waals surface area contributed by atoms with E-state index in [4.69, 9.17) is 4.98 Å². The Labute approximate surface area is 164 Å². The molecule has 4 nitrogen and oxygen atoms in total. The highest BCUT2D eigenvalue weighted by molar-refractivity contribution is 7.22. The molecule has 27 heavy (non-hydrogen) atoms. The summed E-state index contributed by atoms with van der Waals surface area (Å²) in [5.74, 6) is 0.331. The Hall–Kier alpha value is -2.27. The smallest absolute Gasteiger partial charge is 0.232 e. The molecule has 0 spiro atoms. The zero-order valence-corrected chi connectivity index (χ0v) is 16.8. The number of fused-ring (bicyclic) bond motifs is 1. The van der Waals surface area contributed by atoms with Gasteiger partial charge in [0.2, 0.25) is 5.91 Å². The molecule has 3 aromatic rings. The fraction of sp³-hybridized carbons (Fsp3) is 0.409. The van der Waals surface area contributed by atoms with Crippen LogP contribution in [0.2, 0.25) is 0 Å². The average Bonchev–Trinajstić information content (AvgIpc) is 3.11. The summed E-state index contributed by atoms with van der Waals surface area (Å²) in [5.41, 5.74) is 4.44. The molecular formula is C22H25N3OS. The number of benzene rings is 1. The second-order valence-electron chi connectivity index (χ2n) is 7.55. The van der Waals surface area contributed by atoms with Crippen LogP contribution < -0.4 is 4.90 Å². The summed E-state index contributed by atoms with van der Waals surface area (Å²) in [6, 6.07) is 8.26. The number of carbonyl (C=O) groups excluding carboxylic acids is 1. The molecule has 0 radical (unpaired) electrons. The van der Waals surface area contributed by atoms with Crippen LogP contribution in [0.15, 0.2) is 36.7 Å². The van der Waals surface area contributed by atoms with Gasteiger partial charge in [-0.25, -0.2) is 4.98 Å². The van der Waals surface area contributed by atoms with Gasteiger partial charge in [-0.05, 0) is 55.5 Å². The van der Waals surface area contributed by atoms with Gasteiger partial charge in [0.15, 0.2) is 5.13 Å². The summed E-state index contributed by atoms with van der Waals surface area (Å²) in [4.78, 5) is 24.4. The Balaban J connectivity index is 1.72. The Bertz CT molecular complexity index is 945. The molecule has 0 N–H and O–H groups in total. The number of aromatic nitrogens is 2. The summed E-state index contributed by atoms with van der Waals surface area (Å²) in [5, 5.41) is 0.804. The largest absolute Gasteiger partial charge is 0.283 e. The Kier molecular flexibility index (Phi) is 5.21. The second-order valence-corrected chi connectivity index (χ2v) is 8.55. The van der Waals surface area contributed by atoms with Gasteiger partial charge in [-0.2, -0.15) is 0 Å². The minimum atomic E-state index is 0.116. The molecule has 0 saturated heterocycles. The first-order valence-electron chi connectivity index (χ1n) is 9.70. The zero-order valence-electron chi connectivity index (χ0n) is 15.9. The van der Waals surface area contributed by atoms with Crippen molar-refractivity contribution in [2.75, 3.05) is 4.90 Å². The monoisotopic (exact) mass is 379 g/mol. The van der Waals surface area contributed by atoms with Crippen LogP contribution in [-0.2, 0) is 11.3 Å². The van der Waals surface area contributed by atoms with E-state index in [1.54, 1.807) is 17.5 Å².